The minimum absolute atomic E-state index is 0.0688. The quantitative estimate of drug-likeness (QED) is 0.381. The summed E-state index contributed by atoms with van der Waals surface area (Å²) < 4.78 is 0. The van der Waals surface area contributed by atoms with Crippen molar-refractivity contribution in [3.63, 3.8) is 0 Å². The fourth-order valence-electron chi connectivity index (χ4n) is 3.21. The van der Waals surface area contributed by atoms with Crippen molar-refractivity contribution in [3.8, 4) is 5.75 Å². The molecule has 2 N–H and O–H groups in total. The predicted molar refractivity (Wildman–Crippen MR) is 116 cm³/mol. The van der Waals surface area contributed by atoms with Gasteiger partial charge in [-0.3, -0.25) is 4.79 Å². The van der Waals surface area contributed by atoms with Gasteiger partial charge in [-0.1, -0.05) is 84.9 Å². The lowest BCUT2D eigenvalue weighted by molar-refractivity contribution is 0.0952. The smallest absolute Gasteiger partial charge is 0.275 e. The summed E-state index contributed by atoms with van der Waals surface area (Å²) in [5, 5.41) is 16.4. The summed E-state index contributed by atoms with van der Waals surface area (Å²) in [6.45, 7) is 0. The molecular formula is C25H20N2O2. The molecule has 0 spiro atoms. The van der Waals surface area contributed by atoms with Gasteiger partial charge in [0.05, 0.1) is 11.3 Å². The van der Waals surface area contributed by atoms with Crippen LogP contribution in [0.5, 0.6) is 5.75 Å². The van der Waals surface area contributed by atoms with Crippen LogP contribution < -0.4 is 5.43 Å². The van der Waals surface area contributed by atoms with Crippen molar-refractivity contribution < 1.29 is 9.90 Å². The number of nitrogens with one attached hydrogen (secondary N) is 1. The Hall–Kier alpha value is -3.92. The van der Waals surface area contributed by atoms with Gasteiger partial charge in [-0.2, -0.15) is 5.10 Å². The predicted octanol–water partition coefficient (Wildman–Crippen LogP) is 4.92. The highest BCUT2D eigenvalue weighted by atomic mass is 16.3. The molecule has 4 heteroatoms. The number of amides is 1. The monoisotopic (exact) mass is 380 g/mol. The average Bonchev–Trinajstić information content (AvgIpc) is 2.77. The second-order valence-electron chi connectivity index (χ2n) is 6.74. The van der Waals surface area contributed by atoms with Crippen LogP contribution in [0, 0.1) is 0 Å². The van der Waals surface area contributed by atoms with Crippen molar-refractivity contribution in [2.75, 3.05) is 0 Å². The number of phenols is 1. The zero-order valence-electron chi connectivity index (χ0n) is 15.7. The van der Waals surface area contributed by atoms with Gasteiger partial charge >= 0.3 is 0 Å². The molecule has 1 amide bonds. The molecule has 29 heavy (non-hydrogen) atoms. The Morgan fingerprint density at radius 1 is 0.793 bits per heavy atom. The van der Waals surface area contributed by atoms with E-state index in [2.05, 4.69) is 10.5 Å². The first-order chi connectivity index (χ1) is 14.2. The summed E-state index contributed by atoms with van der Waals surface area (Å²) in [7, 11) is 0. The summed E-state index contributed by atoms with van der Waals surface area (Å²) in [6.07, 6.45) is 0.578. The minimum Gasteiger partial charge on any atom is -0.507 e. The number of hydrazone groups is 1. The number of nitrogens with zero attached hydrogens (tertiary/aromatic N) is 1. The van der Waals surface area contributed by atoms with Gasteiger partial charge in [0.1, 0.15) is 5.75 Å². The van der Waals surface area contributed by atoms with Crippen LogP contribution in [0.2, 0.25) is 0 Å². The maximum atomic E-state index is 12.7. The first kappa shape index (κ1) is 18.4. The first-order valence-corrected chi connectivity index (χ1v) is 9.39. The van der Waals surface area contributed by atoms with Gasteiger partial charge < -0.3 is 5.11 Å². The fraction of sp³-hybridized carbons (Fsp3) is 0.0400. The van der Waals surface area contributed by atoms with E-state index in [9.17, 15) is 9.90 Å². The topological polar surface area (TPSA) is 61.7 Å². The maximum Gasteiger partial charge on any atom is 0.275 e. The third-order valence-corrected chi connectivity index (χ3v) is 4.72. The van der Waals surface area contributed by atoms with E-state index < -0.39 is 5.91 Å². The van der Waals surface area contributed by atoms with Crippen LogP contribution in [0.25, 0.3) is 10.8 Å². The van der Waals surface area contributed by atoms with Gasteiger partial charge in [0.25, 0.3) is 5.91 Å². The van der Waals surface area contributed by atoms with Crippen LogP contribution >= 0.6 is 0 Å². The van der Waals surface area contributed by atoms with Crippen molar-refractivity contribution in [2.45, 2.75) is 6.42 Å². The molecule has 4 nitrogen and oxygen atoms in total. The molecular weight excluding hydrogens is 360 g/mol. The number of hydrogen-bond acceptors (Lipinski definition) is 3. The number of phenolic OH excluding ortho intramolecular Hbond substituents is 1. The van der Waals surface area contributed by atoms with Crippen molar-refractivity contribution in [3.05, 3.63) is 114 Å². The van der Waals surface area contributed by atoms with Crippen LogP contribution in [0.15, 0.2) is 102 Å². The normalized spacial score (nSPS) is 11.4. The molecule has 0 aromatic heterocycles. The summed E-state index contributed by atoms with van der Waals surface area (Å²) >= 11 is 0. The lowest BCUT2D eigenvalue weighted by Crippen LogP contribution is -2.21. The molecule has 0 aliphatic carbocycles. The molecule has 0 saturated heterocycles. The first-order valence-electron chi connectivity index (χ1n) is 9.39. The zero-order valence-corrected chi connectivity index (χ0v) is 15.7. The third kappa shape index (κ3) is 4.33. The van der Waals surface area contributed by atoms with Crippen LogP contribution in [-0.2, 0) is 6.42 Å². The van der Waals surface area contributed by atoms with Gasteiger partial charge in [0.15, 0.2) is 0 Å². The molecule has 0 fully saturated rings. The average molecular weight is 380 g/mol. The summed E-state index contributed by atoms with van der Waals surface area (Å²) in [5.74, 6) is -0.518. The van der Waals surface area contributed by atoms with Crippen molar-refractivity contribution in [2.24, 2.45) is 5.10 Å². The Kier molecular flexibility index (Phi) is 5.34. The van der Waals surface area contributed by atoms with Gasteiger partial charge in [0.2, 0.25) is 0 Å². The Morgan fingerprint density at radius 3 is 2.07 bits per heavy atom. The molecule has 0 aliphatic heterocycles. The van der Waals surface area contributed by atoms with Crippen molar-refractivity contribution in [1.82, 2.24) is 5.43 Å². The van der Waals surface area contributed by atoms with Gasteiger partial charge in [0, 0.05) is 6.42 Å². The number of fused-ring (bicyclic) bond motifs is 1. The van der Waals surface area contributed by atoms with E-state index in [0.717, 1.165) is 27.6 Å². The van der Waals surface area contributed by atoms with E-state index in [1.54, 1.807) is 12.1 Å². The standard InChI is InChI=1S/C25H20N2O2/c28-24-17-21-14-8-7-13-20(21)16-22(24)25(29)27-26-23(19-11-5-2-6-12-19)15-18-9-3-1-4-10-18/h1-14,16-17,28H,15H2,(H,27,29). The number of hydrogen-bond donors (Lipinski definition) is 2. The largest absolute Gasteiger partial charge is 0.507 e. The fourth-order valence-corrected chi connectivity index (χ4v) is 3.21. The maximum absolute atomic E-state index is 12.7. The Labute approximate surface area is 169 Å². The van der Waals surface area contributed by atoms with Crippen LogP contribution in [0.4, 0.5) is 0 Å². The molecule has 0 atom stereocenters. The van der Waals surface area contributed by atoms with Crippen LogP contribution in [0.3, 0.4) is 0 Å². The van der Waals surface area contributed by atoms with E-state index in [-0.39, 0.29) is 11.3 Å². The summed E-state index contributed by atoms with van der Waals surface area (Å²) in [6, 6.07) is 30.5. The molecule has 142 valence electrons. The second kappa shape index (κ2) is 8.40. The molecule has 0 saturated carbocycles. The lowest BCUT2D eigenvalue weighted by Gasteiger charge is -2.09. The Balaban J connectivity index is 1.63. The van der Waals surface area contributed by atoms with Gasteiger partial charge in [-0.15, -0.1) is 0 Å². The Bertz CT molecular complexity index is 1170. The van der Waals surface area contributed by atoms with E-state index in [0.29, 0.717) is 6.42 Å². The highest BCUT2D eigenvalue weighted by Gasteiger charge is 2.13. The van der Waals surface area contributed by atoms with Crippen molar-refractivity contribution in [1.29, 1.82) is 0 Å². The highest BCUT2D eigenvalue weighted by Crippen LogP contribution is 2.24. The third-order valence-electron chi connectivity index (χ3n) is 4.72. The zero-order chi connectivity index (χ0) is 20.1. The Morgan fingerprint density at radius 2 is 1.38 bits per heavy atom. The number of rotatable bonds is 5. The van der Waals surface area contributed by atoms with E-state index in [1.807, 2.05) is 84.9 Å². The van der Waals surface area contributed by atoms with E-state index >= 15 is 0 Å². The molecule has 0 aliphatic rings. The number of benzene rings is 4. The van der Waals surface area contributed by atoms with Crippen LogP contribution in [0.1, 0.15) is 21.5 Å². The van der Waals surface area contributed by atoms with E-state index in [1.165, 1.54) is 0 Å². The molecule has 0 unspecified atom stereocenters. The number of carbonyl (C=O) groups excluding carboxylic acids is 1. The van der Waals surface area contributed by atoms with Gasteiger partial charge in [-0.05, 0) is 34.0 Å². The summed E-state index contributed by atoms with van der Waals surface area (Å²) in [4.78, 5) is 12.7. The highest BCUT2D eigenvalue weighted by molar-refractivity contribution is 6.05. The van der Waals surface area contributed by atoms with E-state index in [4.69, 9.17) is 0 Å². The molecule has 4 aromatic carbocycles. The minimum atomic E-state index is -0.449. The SMILES string of the molecule is O=C(NN=C(Cc1ccccc1)c1ccccc1)c1cc2ccccc2cc1O. The molecule has 0 heterocycles. The number of aromatic hydroxyl groups is 1. The molecule has 0 radical (unpaired) electrons. The van der Waals surface area contributed by atoms with Crippen molar-refractivity contribution >= 4 is 22.4 Å². The lowest BCUT2D eigenvalue weighted by atomic mass is 10.0. The van der Waals surface area contributed by atoms with Gasteiger partial charge in [-0.25, -0.2) is 5.43 Å². The second-order valence-corrected chi connectivity index (χ2v) is 6.74. The molecule has 4 aromatic rings. The molecule has 0 bridgehead atoms. The number of carbonyl (C=O) groups is 1. The molecule has 4 rings (SSSR count). The summed E-state index contributed by atoms with van der Waals surface area (Å²) in [5.41, 5.74) is 5.57. The van der Waals surface area contributed by atoms with Crippen LogP contribution in [-0.4, -0.2) is 16.7 Å².